The van der Waals surface area contributed by atoms with Crippen molar-refractivity contribution < 1.29 is 14.7 Å². The fraction of sp³-hybridized carbons (Fsp3) is 0. The molecule has 0 aliphatic carbocycles. The molecule has 5 heteroatoms. The Morgan fingerprint density at radius 2 is 1.58 bits per heavy atom. The van der Waals surface area contributed by atoms with Gasteiger partial charge in [-0.25, -0.2) is 4.79 Å². The lowest BCUT2D eigenvalue weighted by Crippen LogP contribution is -2.15. The summed E-state index contributed by atoms with van der Waals surface area (Å²) in [6.45, 7) is 0. The van der Waals surface area contributed by atoms with Crippen LogP contribution in [0.2, 0.25) is 0 Å². The molecule has 0 saturated heterocycles. The number of carboxylic acid groups (broad SMARTS) is 1. The smallest absolute Gasteiger partial charge is 0.337 e. The van der Waals surface area contributed by atoms with Crippen molar-refractivity contribution in [3.63, 3.8) is 0 Å². The topological polar surface area (TPSA) is 79.3 Å². The highest BCUT2D eigenvalue weighted by molar-refractivity contribution is 6.08. The van der Waals surface area contributed by atoms with Crippen molar-refractivity contribution >= 4 is 17.6 Å². The normalized spacial score (nSPS) is 10.2. The third kappa shape index (κ3) is 3.30. The Morgan fingerprint density at radius 3 is 2.33 bits per heavy atom. The number of anilines is 1. The van der Waals surface area contributed by atoms with Crippen LogP contribution in [0.1, 0.15) is 20.7 Å². The summed E-state index contributed by atoms with van der Waals surface area (Å²) in [5.74, 6) is -1.50. The van der Waals surface area contributed by atoms with Crippen LogP contribution in [-0.4, -0.2) is 22.0 Å². The average molecular weight is 318 g/mol. The van der Waals surface area contributed by atoms with E-state index in [9.17, 15) is 14.7 Å². The first-order chi connectivity index (χ1) is 11.6. The Labute approximate surface area is 138 Å². The van der Waals surface area contributed by atoms with Gasteiger partial charge in [-0.15, -0.1) is 0 Å². The molecule has 5 nitrogen and oxygen atoms in total. The number of para-hydroxylation sites is 1. The van der Waals surface area contributed by atoms with Crippen LogP contribution in [0.5, 0.6) is 0 Å². The first kappa shape index (κ1) is 15.4. The van der Waals surface area contributed by atoms with Gasteiger partial charge in [0.1, 0.15) is 0 Å². The second-order valence-electron chi connectivity index (χ2n) is 5.13. The summed E-state index contributed by atoms with van der Waals surface area (Å²) in [5, 5.41) is 11.8. The molecule has 0 fully saturated rings. The summed E-state index contributed by atoms with van der Waals surface area (Å²) in [4.78, 5) is 27.7. The molecule has 0 bridgehead atoms. The van der Waals surface area contributed by atoms with E-state index < -0.39 is 11.9 Å². The van der Waals surface area contributed by atoms with Crippen LogP contribution in [-0.2, 0) is 0 Å². The standard InChI is InChI=1S/C19H14N2O3/c22-18(21-17-9-5-4-8-16(17)19(23)24)15-10-14(11-20-12-15)13-6-2-1-3-7-13/h1-12H,(H,21,22)(H,23,24). The minimum atomic E-state index is -1.10. The van der Waals surface area contributed by atoms with E-state index in [1.807, 2.05) is 30.3 Å². The molecule has 0 radical (unpaired) electrons. The monoisotopic (exact) mass is 318 g/mol. The largest absolute Gasteiger partial charge is 0.478 e. The quantitative estimate of drug-likeness (QED) is 0.769. The van der Waals surface area contributed by atoms with Crippen molar-refractivity contribution in [3.05, 3.63) is 84.2 Å². The number of pyridine rings is 1. The molecule has 1 heterocycles. The number of amides is 1. The third-order valence-corrected chi connectivity index (χ3v) is 3.51. The van der Waals surface area contributed by atoms with Gasteiger partial charge in [0, 0.05) is 18.0 Å². The lowest BCUT2D eigenvalue weighted by molar-refractivity contribution is 0.0698. The van der Waals surface area contributed by atoms with Crippen LogP contribution in [0.3, 0.4) is 0 Å². The molecule has 0 atom stereocenters. The number of hydrogen-bond acceptors (Lipinski definition) is 3. The number of aromatic carboxylic acids is 1. The highest BCUT2D eigenvalue weighted by Crippen LogP contribution is 2.20. The molecular formula is C19H14N2O3. The maximum absolute atomic E-state index is 12.4. The molecule has 118 valence electrons. The first-order valence-electron chi connectivity index (χ1n) is 7.29. The second-order valence-corrected chi connectivity index (χ2v) is 5.13. The molecule has 0 saturated carbocycles. The number of hydrogen-bond donors (Lipinski definition) is 2. The van der Waals surface area contributed by atoms with Gasteiger partial charge in [0.2, 0.25) is 0 Å². The highest BCUT2D eigenvalue weighted by Gasteiger charge is 2.13. The number of nitrogens with one attached hydrogen (secondary N) is 1. The summed E-state index contributed by atoms with van der Waals surface area (Å²) in [6.07, 6.45) is 3.13. The van der Waals surface area contributed by atoms with Gasteiger partial charge in [-0.2, -0.15) is 0 Å². The van der Waals surface area contributed by atoms with Crippen LogP contribution >= 0.6 is 0 Å². The number of nitrogens with zero attached hydrogens (tertiary/aromatic N) is 1. The van der Waals surface area contributed by atoms with Crippen LogP contribution in [0.4, 0.5) is 5.69 Å². The maximum atomic E-state index is 12.4. The van der Waals surface area contributed by atoms with E-state index in [0.29, 0.717) is 5.56 Å². The van der Waals surface area contributed by atoms with E-state index in [-0.39, 0.29) is 11.3 Å². The molecule has 1 amide bonds. The summed E-state index contributed by atoms with van der Waals surface area (Å²) < 4.78 is 0. The number of carbonyl (C=O) groups is 2. The van der Waals surface area contributed by atoms with E-state index in [1.165, 1.54) is 12.3 Å². The summed E-state index contributed by atoms with van der Waals surface area (Å²) in [7, 11) is 0. The zero-order chi connectivity index (χ0) is 16.9. The Kier molecular flexibility index (Phi) is 4.34. The van der Waals surface area contributed by atoms with Crippen molar-refractivity contribution in [1.82, 2.24) is 4.98 Å². The Balaban J connectivity index is 1.88. The predicted octanol–water partition coefficient (Wildman–Crippen LogP) is 3.70. The summed E-state index contributed by atoms with van der Waals surface area (Å²) in [5.41, 5.74) is 2.41. The van der Waals surface area contributed by atoms with Crippen molar-refractivity contribution in [2.75, 3.05) is 5.32 Å². The number of carbonyl (C=O) groups excluding carboxylic acids is 1. The number of carboxylic acids is 1. The van der Waals surface area contributed by atoms with Crippen LogP contribution < -0.4 is 5.32 Å². The molecule has 2 N–H and O–H groups in total. The van der Waals surface area contributed by atoms with Crippen LogP contribution in [0.25, 0.3) is 11.1 Å². The number of rotatable bonds is 4. The Hall–Kier alpha value is -3.47. The fourth-order valence-corrected chi connectivity index (χ4v) is 2.33. The van der Waals surface area contributed by atoms with E-state index >= 15 is 0 Å². The molecule has 24 heavy (non-hydrogen) atoms. The van der Waals surface area contributed by atoms with Crippen molar-refractivity contribution in [2.24, 2.45) is 0 Å². The third-order valence-electron chi connectivity index (χ3n) is 3.51. The molecule has 3 aromatic rings. The van der Waals surface area contributed by atoms with Gasteiger partial charge in [0.05, 0.1) is 16.8 Å². The van der Waals surface area contributed by atoms with Crippen LogP contribution in [0.15, 0.2) is 73.1 Å². The summed E-state index contributed by atoms with van der Waals surface area (Å²) >= 11 is 0. The highest BCUT2D eigenvalue weighted by atomic mass is 16.4. The van der Waals surface area contributed by atoms with Crippen molar-refractivity contribution in [3.8, 4) is 11.1 Å². The maximum Gasteiger partial charge on any atom is 0.337 e. The Morgan fingerprint density at radius 1 is 0.875 bits per heavy atom. The van der Waals surface area contributed by atoms with Gasteiger partial charge in [0.15, 0.2) is 0 Å². The van der Waals surface area contributed by atoms with E-state index in [0.717, 1.165) is 11.1 Å². The average Bonchev–Trinajstić information content (AvgIpc) is 2.63. The van der Waals surface area contributed by atoms with Gasteiger partial charge in [-0.1, -0.05) is 42.5 Å². The second kappa shape index (κ2) is 6.75. The van der Waals surface area contributed by atoms with Gasteiger partial charge >= 0.3 is 5.97 Å². The fourth-order valence-electron chi connectivity index (χ4n) is 2.33. The molecule has 2 aromatic carbocycles. The molecule has 0 spiro atoms. The molecule has 3 rings (SSSR count). The van der Waals surface area contributed by atoms with Crippen molar-refractivity contribution in [1.29, 1.82) is 0 Å². The lowest BCUT2D eigenvalue weighted by atomic mass is 10.1. The zero-order valence-electron chi connectivity index (χ0n) is 12.6. The first-order valence-corrected chi connectivity index (χ1v) is 7.29. The SMILES string of the molecule is O=C(Nc1ccccc1C(=O)O)c1cncc(-c2ccccc2)c1. The molecular weight excluding hydrogens is 304 g/mol. The van der Waals surface area contributed by atoms with E-state index in [1.54, 1.807) is 30.5 Å². The van der Waals surface area contributed by atoms with Gasteiger partial charge in [-0.3, -0.25) is 9.78 Å². The summed E-state index contributed by atoms with van der Waals surface area (Å²) in [6, 6.07) is 17.6. The molecule has 1 aromatic heterocycles. The van der Waals surface area contributed by atoms with Crippen LogP contribution in [0, 0.1) is 0 Å². The minimum Gasteiger partial charge on any atom is -0.478 e. The minimum absolute atomic E-state index is 0.0398. The number of aromatic nitrogens is 1. The predicted molar refractivity (Wildman–Crippen MR) is 91.0 cm³/mol. The van der Waals surface area contributed by atoms with Gasteiger partial charge < -0.3 is 10.4 Å². The molecule has 0 unspecified atom stereocenters. The zero-order valence-corrected chi connectivity index (χ0v) is 12.6. The Bertz CT molecular complexity index is 892. The van der Waals surface area contributed by atoms with E-state index in [4.69, 9.17) is 0 Å². The van der Waals surface area contributed by atoms with Gasteiger partial charge in [-0.05, 0) is 23.8 Å². The van der Waals surface area contributed by atoms with E-state index in [2.05, 4.69) is 10.3 Å². The molecule has 0 aliphatic rings. The van der Waals surface area contributed by atoms with Gasteiger partial charge in [0.25, 0.3) is 5.91 Å². The number of benzene rings is 2. The van der Waals surface area contributed by atoms with Crippen molar-refractivity contribution in [2.45, 2.75) is 0 Å². The lowest BCUT2D eigenvalue weighted by Gasteiger charge is -2.09. The molecule has 0 aliphatic heterocycles.